The molecule has 0 fully saturated rings. The van der Waals surface area contributed by atoms with Gasteiger partial charge in [-0.3, -0.25) is 4.79 Å². The first kappa shape index (κ1) is 13.0. The lowest BCUT2D eigenvalue weighted by Crippen LogP contribution is -2.13. The number of hydrogen-bond donors (Lipinski definition) is 1. The van der Waals surface area contributed by atoms with Gasteiger partial charge in [0.25, 0.3) is 0 Å². The summed E-state index contributed by atoms with van der Waals surface area (Å²) in [5.74, 6) is -0.404. The number of benzene rings is 1. The van der Waals surface area contributed by atoms with E-state index in [1.54, 1.807) is 0 Å². The average Bonchev–Trinajstić information content (AvgIpc) is 2.14. The Morgan fingerprint density at radius 2 is 2.06 bits per heavy atom. The first-order valence-electron chi connectivity index (χ1n) is 5.39. The predicted octanol–water partition coefficient (Wildman–Crippen LogP) is 3.86. The van der Waals surface area contributed by atoms with Crippen LogP contribution in [0, 0.1) is 12.8 Å². The third kappa shape index (κ3) is 3.24. The van der Waals surface area contributed by atoms with Crippen molar-refractivity contribution in [2.75, 3.05) is 0 Å². The van der Waals surface area contributed by atoms with Gasteiger partial charge in [0.2, 0.25) is 0 Å². The highest BCUT2D eigenvalue weighted by molar-refractivity contribution is 6.30. The summed E-state index contributed by atoms with van der Waals surface area (Å²) in [4.78, 5) is 10.8. The van der Waals surface area contributed by atoms with E-state index >= 15 is 0 Å². The summed E-state index contributed by atoms with van der Waals surface area (Å²) >= 11 is 5.89. The molecule has 3 heteroatoms. The van der Waals surface area contributed by atoms with Gasteiger partial charge >= 0.3 is 5.97 Å². The summed E-state index contributed by atoms with van der Waals surface area (Å²) in [5.41, 5.74) is 2.15. The fraction of sp³-hybridized carbons (Fsp3) is 0.462. The van der Waals surface area contributed by atoms with Crippen LogP contribution in [0.15, 0.2) is 18.2 Å². The van der Waals surface area contributed by atoms with E-state index in [4.69, 9.17) is 16.7 Å². The van der Waals surface area contributed by atoms with E-state index in [9.17, 15) is 4.79 Å². The second-order valence-corrected chi connectivity index (χ2v) is 4.89. The molecule has 0 radical (unpaired) electrons. The van der Waals surface area contributed by atoms with Crippen molar-refractivity contribution in [3.05, 3.63) is 34.3 Å². The molecular weight excluding hydrogens is 224 g/mol. The summed E-state index contributed by atoms with van der Waals surface area (Å²) in [5, 5.41) is 9.61. The number of aryl methyl sites for hydroxylation is 1. The van der Waals surface area contributed by atoms with Crippen LogP contribution in [-0.2, 0) is 4.79 Å². The molecule has 1 unspecified atom stereocenters. The van der Waals surface area contributed by atoms with Crippen molar-refractivity contribution in [1.29, 1.82) is 0 Å². The molecule has 0 saturated heterocycles. The molecule has 0 aliphatic carbocycles. The molecule has 0 spiro atoms. The topological polar surface area (TPSA) is 37.3 Å². The first-order chi connectivity index (χ1) is 7.41. The number of carboxylic acid groups (broad SMARTS) is 1. The largest absolute Gasteiger partial charge is 0.481 e. The van der Waals surface area contributed by atoms with Gasteiger partial charge < -0.3 is 5.11 Å². The smallest absolute Gasteiger partial charge is 0.303 e. The maximum Gasteiger partial charge on any atom is 0.303 e. The number of halogens is 1. The van der Waals surface area contributed by atoms with E-state index in [0.29, 0.717) is 10.9 Å². The number of aliphatic carboxylic acids is 1. The number of rotatable bonds is 4. The summed E-state index contributed by atoms with van der Waals surface area (Å²) in [6.07, 6.45) is 0.167. The summed E-state index contributed by atoms with van der Waals surface area (Å²) in [6, 6.07) is 5.64. The maximum absolute atomic E-state index is 10.8. The second kappa shape index (κ2) is 5.35. The zero-order chi connectivity index (χ0) is 12.3. The van der Waals surface area contributed by atoms with E-state index in [1.165, 1.54) is 0 Å². The van der Waals surface area contributed by atoms with Crippen molar-refractivity contribution < 1.29 is 9.90 Å². The zero-order valence-corrected chi connectivity index (χ0v) is 10.6. The Morgan fingerprint density at radius 1 is 1.44 bits per heavy atom. The molecule has 0 bridgehead atoms. The van der Waals surface area contributed by atoms with Gasteiger partial charge in [-0.05, 0) is 42.0 Å². The molecule has 1 N–H and O–H groups in total. The Labute approximate surface area is 101 Å². The van der Waals surface area contributed by atoms with Gasteiger partial charge in [-0.2, -0.15) is 0 Å². The van der Waals surface area contributed by atoms with Crippen molar-refractivity contribution >= 4 is 17.6 Å². The molecule has 0 saturated carbocycles. The van der Waals surface area contributed by atoms with Gasteiger partial charge in [0.1, 0.15) is 0 Å². The lowest BCUT2D eigenvalue weighted by atomic mass is 9.83. The molecule has 16 heavy (non-hydrogen) atoms. The van der Waals surface area contributed by atoms with Crippen molar-refractivity contribution in [2.45, 2.75) is 33.1 Å². The molecule has 0 amide bonds. The minimum atomic E-state index is -0.756. The van der Waals surface area contributed by atoms with E-state index in [1.807, 2.05) is 39.0 Å². The van der Waals surface area contributed by atoms with E-state index in [0.717, 1.165) is 11.1 Å². The Bertz CT molecular complexity index is 386. The molecule has 1 atom stereocenters. The minimum Gasteiger partial charge on any atom is -0.481 e. The van der Waals surface area contributed by atoms with Crippen molar-refractivity contribution in [3.8, 4) is 0 Å². The van der Waals surface area contributed by atoms with Gasteiger partial charge in [-0.25, -0.2) is 0 Å². The van der Waals surface area contributed by atoms with Crippen molar-refractivity contribution in [2.24, 2.45) is 5.92 Å². The van der Waals surface area contributed by atoms with Crippen LogP contribution >= 0.6 is 11.6 Å². The summed E-state index contributed by atoms with van der Waals surface area (Å²) < 4.78 is 0. The highest BCUT2D eigenvalue weighted by atomic mass is 35.5. The van der Waals surface area contributed by atoms with Gasteiger partial charge in [-0.15, -0.1) is 0 Å². The Morgan fingerprint density at radius 3 is 2.50 bits per heavy atom. The van der Waals surface area contributed by atoms with Gasteiger partial charge in [0.05, 0.1) is 6.42 Å². The van der Waals surface area contributed by atoms with Crippen LogP contribution in [0.2, 0.25) is 5.02 Å². The molecule has 0 aliphatic heterocycles. The van der Waals surface area contributed by atoms with Gasteiger partial charge in [-0.1, -0.05) is 31.5 Å². The number of carboxylic acids is 1. The van der Waals surface area contributed by atoms with E-state index in [-0.39, 0.29) is 12.3 Å². The molecule has 1 aromatic carbocycles. The molecule has 1 aromatic rings. The quantitative estimate of drug-likeness (QED) is 0.868. The Hall–Kier alpha value is -1.02. The lowest BCUT2D eigenvalue weighted by Gasteiger charge is -2.21. The van der Waals surface area contributed by atoms with Gasteiger partial charge in [0.15, 0.2) is 0 Å². The summed E-state index contributed by atoms with van der Waals surface area (Å²) in [6.45, 7) is 6.06. The van der Waals surface area contributed by atoms with E-state index < -0.39 is 5.97 Å². The fourth-order valence-corrected chi connectivity index (χ4v) is 2.17. The van der Waals surface area contributed by atoms with Crippen molar-refractivity contribution in [1.82, 2.24) is 0 Å². The van der Waals surface area contributed by atoms with Crippen LogP contribution in [0.5, 0.6) is 0 Å². The van der Waals surface area contributed by atoms with Crippen LogP contribution in [0.1, 0.15) is 37.3 Å². The van der Waals surface area contributed by atoms with Gasteiger partial charge in [0, 0.05) is 5.02 Å². The third-order valence-electron chi connectivity index (χ3n) is 2.83. The molecule has 0 aliphatic rings. The maximum atomic E-state index is 10.8. The van der Waals surface area contributed by atoms with Crippen molar-refractivity contribution in [3.63, 3.8) is 0 Å². The average molecular weight is 241 g/mol. The number of carbonyl (C=O) groups is 1. The van der Waals surface area contributed by atoms with Crippen LogP contribution in [0.3, 0.4) is 0 Å². The van der Waals surface area contributed by atoms with Crippen LogP contribution in [0.4, 0.5) is 0 Å². The molecule has 2 nitrogen and oxygen atoms in total. The minimum absolute atomic E-state index is 0.0507. The van der Waals surface area contributed by atoms with Crippen LogP contribution in [0.25, 0.3) is 0 Å². The predicted molar refractivity (Wildman–Crippen MR) is 66.0 cm³/mol. The highest BCUT2D eigenvalue weighted by Gasteiger charge is 2.20. The first-order valence-corrected chi connectivity index (χ1v) is 5.77. The SMILES string of the molecule is Cc1cc(Cl)ccc1C(CC(=O)O)C(C)C. The Balaban J connectivity index is 3.05. The second-order valence-electron chi connectivity index (χ2n) is 4.45. The van der Waals surface area contributed by atoms with E-state index in [2.05, 4.69) is 0 Å². The lowest BCUT2D eigenvalue weighted by molar-refractivity contribution is -0.137. The molecule has 0 heterocycles. The molecule has 0 aromatic heterocycles. The zero-order valence-electron chi connectivity index (χ0n) is 9.83. The summed E-state index contributed by atoms with van der Waals surface area (Å²) in [7, 11) is 0. The fourth-order valence-electron chi connectivity index (χ4n) is 1.95. The standard InChI is InChI=1S/C13H17ClO2/c1-8(2)12(7-13(15)16)11-5-4-10(14)6-9(11)3/h4-6,8,12H,7H2,1-3H3,(H,15,16). The van der Waals surface area contributed by atoms with Crippen LogP contribution in [-0.4, -0.2) is 11.1 Å². The molecule has 1 rings (SSSR count). The normalized spacial score (nSPS) is 12.8. The molecular formula is C13H17ClO2. The highest BCUT2D eigenvalue weighted by Crippen LogP contribution is 2.31. The third-order valence-corrected chi connectivity index (χ3v) is 3.07. The molecule has 88 valence electrons. The monoisotopic (exact) mass is 240 g/mol. The van der Waals surface area contributed by atoms with Crippen LogP contribution < -0.4 is 0 Å². The Kier molecular flexibility index (Phi) is 4.36. The number of hydrogen-bond acceptors (Lipinski definition) is 1.